The summed E-state index contributed by atoms with van der Waals surface area (Å²) in [6.07, 6.45) is 2.13. The van der Waals surface area contributed by atoms with Gasteiger partial charge in [0.1, 0.15) is 0 Å². The predicted octanol–water partition coefficient (Wildman–Crippen LogP) is 1.20. The molecule has 1 fully saturated rings. The van der Waals surface area contributed by atoms with Crippen LogP contribution in [0, 0.1) is 0 Å². The number of benzene rings is 1. The van der Waals surface area contributed by atoms with E-state index in [9.17, 15) is 0 Å². The number of piperidine rings is 1. The summed E-state index contributed by atoms with van der Waals surface area (Å²) in [5.41, 5.74) is 13.8. The van der Waals surface area contributed by atoms with Crippen molar-refractivity contribution in [2.24, 2.45) is 5.73 Å². The van der Waals surface area contributed by atoms with Gasteiger partial charge in [-0.05, 0) is 25.0 Å². The van der Waals surface area contributed by atoms with Crippen LogP contribution in [0.25, 0.3) is 0 Å². The molecule has 0 bridgehead atoms. The minimum atomic E-state index is 0.371. The molecule has 76 valence electrons. The molecule has 0 atom stereocenters. The highest BCUT2D eigenvalue weighted by molar-refractivity contribution is 5.67. The van der Waals surface area contributed by atoms with Crippen LogP contribution in [0.2, 0.25) is 0 Å². The Labute approximate surface area is 84.7 Å². The minimum Gasteiger partial charge on any atom is -0.397 e. The van der Waals surface area contributed by atoms with Crippen LogP contribution < -0.4 is 16.4 Å². The number of nitrogen functional groups attached to an aromatic ring is 1. The van der Waals surface area contributed by atoms with Gasteiger partial charge in [-0.15, -0.1) is 0 Å². The highest BCUT2D eigenvalue weighted by Crippen LogP contribution is 2.25. The molecule has 2 rings (SSSR count). The summed E-state index contributed by atoms with van der Waals surface area (Å²) in [5.74, 6) is 0. The number of hydrogen-bond acceptors (Lipinski definition) is 3. The van der Waals surface area contributed by atoms with E-state index in [-0.39, 0.29) is 0 Å². The summed E-state index contributed by atoms with van der Waals surface area (Å²) in [5, 5.41) is 0. The van der Waals surface area contributed by atoms with E-state index in [1.165, 1.54) is 0 Å². The number of nitrogens with two attached hydrogens (primary N) is 2. The number of para-hydroxylation sites is 2. The molecule has 1 heterocycles. The Bertz CT molecular complexity index is 303. The van der Waals surface area contributed by atoms with Crippen LogP contribution in [0.15, 0.2) is 24.3 Å². The highest BCUT2D eigenvalue weighted by Gasteiger charge is 2.17. The second-order valence-corrected chi connectivity index (χ2v) is 3.88. The van der Waals surface area contributed by atoms with Gasteiger partial charge in [0.05, 0.1) is 11.4 Å². The second kappa shape index (κ2) is 3.88. The van der Waals surface area contributed by atoms with E-state index in [4.69, 9.17) is 11.5 Å². The molecule has 0 unspecified atom stereocenters. The van der Waals surface area contributed by atoms with Crippen molar-refractivity contribution >= 4 is 11.4 Å². The zero-order valence-electron chi connectivity index (χ0n) is 8.32. The molecule has 3 heteroatoms. The Kier molecular flexibility index (Phi) is 2.59. The van der Waals surface area contributed by atoms with Crippen molar-refractivity contribution in [2.75, 3.05) is 23.7 Å². The summed E-state index contributed by atoms with van der Waals surface area (Å²) >= 11 is 0. The summed E-state index contributed by atoms with van der Waals surface area (Å²) in [6, 6.07) is 8.39. The molecule has 1 aliphatic heterocycles. The van der Waals surface area contributed by atoms with E-state index in [1.807, 2.05) is 18.2 Å². The van der Waals surface area contributed by atoms with Gasteiger partial charge in [-0.3, -0.25) is 0 Å². The number of hydrogen-bond donors (Lipinski definition) is 2. The largest absolute Gasteiger partial charge is 0.397 e. The minimum absolute atomic E-state index is 0.371. The Morgan fingerprint density at radius 2 is 1.79 bits per heavy atom. The monoisotopic (exact) mass is 191 g/mol. The van der Waals surface area contributed by atoms with E-state index in [2.05, 4.69) is 11.0 Å². The van der Waals surface area contributed by atoms with Crippen molar-refractivity contribution in [3.8, 4) is 0 Å². The summed E-state index contributed by atoms with van der Waals surface area (Å²) < 4.78 is 0. The van der Waals surface area contributed by atoms with E-state index >= 15 is 0 Å². The molecule has 4 N–H and O–H groups in total. The Morgan fingerprint density at radius 3 is 2.43 bits per heavy atom. The molecule has 0 radical (unpaired) electrons. The normalized spacial score (nSPS) is 18.5. The quantitative estimate of drug-likeness (QED) is 0.656. The van der Waals surface area contributed by atoms with Crippen molar-refractivity contribution in [3.63, 3.8) is 0 Å². The topological polar surface area (TPSA) is 55.3 Å². The van der Waals surface area contributed by atoms with Crippen molar-refractivity contribution in [1.82, 2.24) is 0 Å². The summed E-state index contributed by atoms with van der Waals surface area (Å²) in [4.78, 5) is 2.32. The van der Waals surface area contributed by atoms with Crippen molar-refractivity contribution in [2.45, 2.75) is 18.9 Å². The fraction of sp³-hybridized carbons (Fsp3) is 0.455. The third-order valence-corrected chi connectivity index (χ3v) is 2.82. The Morgan fingerprint density at radius 1 is 1.14 bits per heavy atom. The lowest BCUT2D eigenvalue weighted by atomic mass is 10.1. The van der Waals surface area contributed by atoms with Crippen LogP contribution in [0.1, 0.15) is 12.8 Å². The fourth-order valence-electron chi connectivity index (χ4n) is 1.92. The average molecular weight is 191 g/mol. The lowest BCUT2D eigenvalue weighted by Gasteiger charge is -2.32. The van der Waals surface area contributed by atoms with Crippen LogP contribution in [-0.2, 0) is 0 Å². The van der Waals surface area contributed by atoms with Crippen LogP contribution >= 0.6 is 0 Å². The maximum Gasteiger partial charge on any atom is 0.0599 e. The van der Waals surface area contributed by atoms with Gasteiger partial charge >= 0.3 is 0 Å². The molecule has 0 spiro atoms. The van der Waals surface area contributed by atoms with Gasteiger partial charge in [-0.1, -0.05) is 12.1 Å². The molecule has 3 nitrogen and oxygen atoms in total. The lowest BCUT2D eigenvalue weighted by molar-refractivity contribution is 0.501. The van der Waals surface area contributed by atoms with Gasteiger partial charge in [0, 0.05) is 19.1 Å². The van der Waals surface area contributed by atoms with Gasteiger partial charge < -0.3 is 16.4 Å². The SMILES string of the molecule is Nc1ccccc1N1CCC(N)CC1. The predicted molar refractivity (Wildman–Crippen MR) is 60.3 cm³/mol. The molecular formula is C11H17N3. The van der Waals surface area contributed by atoms with Gasteiger partial charge in [0.2, 0.25) is 0 Å². The molecule has 1 aromatic carbocycles. The van der Waals surface area contributed by atoms with Crippen LogP contribution in [0.4, 0.5) is 11.4 Å². The standard InChI is InChI=1S/C11H17N3/c12-9-5-7-14(8-6-9)11-4-2-1-3-10(11)13/h1-4,9H,5-8,12-13H2. The number of anilines is 2. The van der Waals surface area contributed by atoms with Gasteiger partial charge in [-0.2, -0.15) is 0 Å². The number of nitrogens with zero attached hydrogens (tertiary/aromatic N) is 1. The Balaban J connectivity index is 2.12. The molecule has 0 aromatic heterocycles. The van der Waals surface area contributed by atoms with Crippen LogP contribution in [0.3, 0.4) is 0 Å². The number of rotatable bonds is 1. The van der Waals surface area contributed by atoms with E-state index in [1.54, 1.807) is 0 Å². The van der Waals surface area contributed by atoms with Gasteiger partial charge in [-0.25, -0.2) is 0 Å². The van der Waals surface area contributed by atoms with E-state index in [0.717, 1.165) is 37.3 Å². The zero-order valence-corrected chi connectivity index (χ0v) is 8.32. The zero-order chi connectivity index (χ0) is 9.97. The third-order valence-electron chi connectivity index (χ3n) is 2.82. The Hall–Kier alpha value is -1.22. The first-order valence-corrected chi connectivity index (χ1v) is 5.12. The summed E-state index contributed by atoms with van der Waals surface area (Å²) in [7, 11) is 0. The fourth-order valence-corrected chi connectivity index (χ4v) is 1.92. The molecular weight excluding hydrogens is 174 g/mol. The van der Waals surface area contributed by atoms with E-state index in [0.29, 0.717) is 6.04 Å². The first kappa shape index (κ1) is 9.34. The molecule has 0 aliphatic carbocycles. The van der Waals surface area contributed by atoms with Crippen molar-refractivity contribution in [3.05, 3.63) is 24.3 Å². The molecule has 14 heavy (non-hydrogen) atoms. The average Bonchev–Trinajstić information content (AvgIpc) is 2.20. The van der Waals surface area contributed by atoms with E-state index < -0.39 is 0 Å². The first-order valence-electron chi connectivity index (χ1n) is 5.12. The maximum absolute atomic E-state index is 5.91. The molecule has 0 saturated carbocycles. The first-order chi connectivity index (χ1) is 6.77. The van der Waals surface area contributed by atoms with Crippen molar-refractivity contribution in [1.29, 1.82) is 0 Å². The molecule has 0 amide bonds. The van der Waals surface area contributed by atoms with Crippen LogP contribution in [0.5, 0.6) is 0 Å². The van der Waals surface area contributed by atoms with Gasteiger partial charge in [0.25, 0.3) is 0 Å². The van der Waals surface area contributed by atoms with Gasteiger partial charge in [0.15, 0.2) is 0 Å². The lowest BCUT2D eigenvalue weighted by Crippen LogP contribution is -2.39. The maximum atomic E-state index is 5.91. The molecule has 1 saturated heterocycles. The molecule has 1 aromatic rings. The highest BCUT2D eigenvalue weighted by atomic mass is 15.1. The van der Waals surface area contributed by atoms with Crippen molar-refractivity contribution < 1.29 is 0 Å². The molecule has 1 aliphatic rings. The van der Waals surface area contributed by atoms with Crippen LogP contribution in [-0.4, -0.2) is 19.1 Å². The smallest absolute Gasteiger partial charge is 0.0599 e. The summed E-state index contributed by atoms with van der Waals surface area (Å²) in [6.45, 7) is 2.05. The third kappa shape index (κ3) is 1.82. The second-order valence-electron chi connectivity index (χ2n) is 3.88.